The third kappa shape index (κ3) is 4.88. The maximum absolute atomic E-state index is 13.5. The van der Waals surface area contributed by atoms with Gasteiger partial charge in [0.25, 0.3) is 0 Å². The molecule has 3 aromatic rings. The van der Waals surface area contributed by atoms with Crippen molar-refractivity contribution in [3.05, 3.63) is 101 Å². The first kappa shape index (κ1) is 22.4. The normalized spacial score (nSPS) is 13.3. The van der Waals surface area contributed by atoms with Crippen molar-refractivity contribution in [3.8, 4) is 0 Å². The quantitative estimate of drug-likeness (QED) is 0.430. The van der Waals surface area contributed by atoms with Gasteiger partial charge in [-0.1, -0.05) is 54.6 Å². The molecule has 5 nitrogen and oxygen atoms in total. The summed E-state index contributed by atoms with van der Waals surface area (Å²) in [5.41, 5.74) is 0.179. The summed E-state index contributed by atoms with van der Waals surface area (Å²) in [6, 6.07) is 20.3. The fourth-order valence-corrected chi connectivity index (χ4v) is 4.14. The van der Waals surface area contributed by atoms with Crippen molar-refractivity contribution < 1.29 is 27.1 Å². The minimum Gasteiger partial charge on any atom is -0.392 e. The Bertz CT molecular complexity index is 1190. The standard InChI is InChI=1S/C24H21FO5S/c1-17(26)30-23(27)24(19-6-4-3-5-7-19,16-18-8-12-21(25)13-9-18)20-10-14-22(15-11-20)31(2,28)29/h3-15H,16H2,1-2H3. The van der Waals surface area contributed by atoms with Gasteiger partial charge in [-0.25, -0.2) is 12.8 Å². The summed E-state index contributed by atoms with van der Waals surface area (Å²) in [7, 11) is -3.44. The topological polar surface area (TPSA) is 77.5 Å². The number of hydrogen-bond acceptors (Lipinski definition) is 5. The van der Waals surface area contributed by atoms with Gasteiger partial charge in [0, 0.05) is 13.2 Å². The molecule has 3 rings (SSSR count). The Morgan fingerprint density at radius 3 is 1.94 bits per heavy atom. The zero-order chi connectivity index (χ0) is 22.6. The molecule has 1 atom stereocenters. The van der Waals surface area contributed by atoms with E-state index in [9.17, 15) is 22.4 Å². The molecule has 31 heavy (non-hydrogen) atoms. The molecule has 0 bridgehead atoms. The van der Waals surface area contributed by atoms with Gasteiger partial charge in [-0.15, -0.1) is 0 Å². The van der Waals surface area contributed by atoms with Crippen LogP contribution < -0.4 is 0 Å². The monoisotopic (exact) mass is 440 g/mol. The molecule has 0 heterocycles. The van der Waals surface area contributed by atoms with E-state index in [1.165, 1.54) is 36.4 Å². The van der Waals surface area contributed by atoms with E-state index in [1.54, 1.807) is 42.5 Å². The fourth-order valence-electron chi connectivity index (χ4n) is 3.51. The fraction of sp³-hybridized carbons (Fsp3) is 0.167. The van der Waals surface area contributed by atoms with E-state index in [4.69, 9.17) is 4.74 Å². The maximum atomic E-state index is 13.5. The number of carbonyl (C=O) groups excluding carboxylic acids is 2. The predicted molar refractivity (Wildman–Crippen MR) is 114 cm³/mol. The Morgan fingerprint density at radius 1 is 0.871 bits per heavy atom. The van der Waals surface area contributed by atoms with Crippen LogP contribution in [0, 0.1) is 5.82 Å². The van der Waals surface area contributed by atoms with Crippen LogP contribution in [-0.4, -0.2) is 26.6 Å². The molecule has 0 fully saturated rings. The summed E-state index contributed by atoms with van der Waals surface area (Å²) in [5.74, 6) is -1.99. The van der Waals surface area contributed by atoms with E-state index in [-0.39, 0.29) is 11.3 Å². The molecule has 0 N–H and O–H groups in total. The molecule has 0 aliphatic rings. The molecule has 0 radical (unpaired) electrons. The van der Waals surface area contributed by atoms with Crippen LogP contribution in [0.4, 0.5) is 4.39 Å². The first-order chi connectivity index (χ1) is 14.6. The number of carbonyl (C=O) groups is 2. The first-order valence-corrected chi connectivity index (χ1v) is 11.4. The van der Waals surface area contributed by atoms with E-state index in [1.807, 2.05) is 0 Å². The molecule has 0 saturated carbocycles. The van der Waals surface area contributed by atoms with Gasteiger partial charge in [0.15, 0.2) is 9.84 Å². The van der Waals surface area contributed by atoms with E-state index in [0.717, 1.165) is 13.2 Å². The Hall–Kier alpha value is -3.32. The lowest BCUT2D eigenvalue weighted by molar-refractivity contribution is -0.161. The molecule has 160 valence electrons. The number of sulfone groups is 1. The van der Waals surface area contributed by atoms with Crippen LogP contribution in [0.15, 0.2) is 83.8 Å². The van der Waals surface area contributed by atoms with Gasteiger partial charge >= 0.3 is 11.9 Å². The molecule has 0 aliphatic carbocycles. The van der Waals surface area contributed by atoms with Crippen LogP contribution in [0.5, 0.6) is 0 Å². The molecular weight excluding hydrogens is 419 g/mol. The summed E-state index contributed by atoms with van der Waals surface area (Å²) in [4.78, 5) is 25.2. The number of esters is 2. The number of ether oxygens (including phenoxy) is 1. The molecule has 0 spiro atoms. The van der Waals surface area contributed by atoms with Gasteiger partial charge in [-0.05, 0) is 47.4 Å². The minimum absolute atomic E-state index is 0.0711. The number of rotatable bonds is 6. The molecule has 0 aromatic heterocycles. The van der Waals surface area contributed by atoms with Crippen LogP contribution in [0.25, 0.3) is 0 Å². The second kappa shape index (κ2) is 8.81. The van der Waals surface area contributed by atoms with Crippen molar-refractivity contribution in [2.75, 3.05) is 6.26 Å². The van der Waals surface area contributed by atoms with Crippen molar-refractivity contribution in [1.82, 2.24) is 0 Å². The van der Waals surface area contributed by atoms with Crippen molar-refractivity contribution in [2.24, 2.45) is 0 Å². The summed E-state index contributed by atoms with van der Waals surface area (Å²) in [6.07, 6.45) is 1.16. The van der Waals surface area contributed by atoms with E-state index in [0.29, 0.717) is 16.7 Å². The highest BCUT2D eigenvalue weighted by molar-refractivity contribution is 7.90. The molecule has 0 saturated heterocycles. The second-order valence-electron chi connectivity index (χ2n) is 7.25. The van der Waals surface area contributed by atoms with Crippen LogP contribution in [0.1, 0.15) is 23.6 Å². The van der Waals surface area contributed by atoms with Crippen molar-refractivity contribution in [2.45, 2.75) is 23.7 Å². The van der Waals surface area contributed by atoms with Crippen molar-refractivity contribution in [1.29, 1.82) is 0 Å². The summed E-state index contributed by atoms with van der Waals surface area (Å²) >= 11 is 0. The van der Waals surface area contributed by atoms with E-state index in [2.05, 4.69) is 0 Å². The molecule has 0 aliphatic heterocycles. The summed E-state index contributed by atoms with van der Waals surface area (Å²) in [5, 5.41) is 0. The van der Waals surface area contributed by atoms with Gasteiger partial charge in [0.05, 0.1) is 4.90 Å². The van der Waals surface area contributed by atoms with Gasteiger partial charge in [0.2, 0.25) is 0 Å². The summed E-state index contributed by atoms with van der Waals surface area (Å²) < 4.78 is 42.3. The Labute approximate surface area is 180 Å². The van der Waals surface area contributed by atoms with Crippen LogP contribution >= 0.6 is 0 Å². The highest BCUT2D eigenvalue weighted by atomic mass is 32.2. The molecular formula is C24H21FO5S. The third-order valence-corrected chi connectivity index (χ3v) is 6.14. The lowest BCUT2D eigenvalue weighted by Gasteiger charge is -2.32. The lowest BCUT2D eigenvalue weighted by Crippen LogP contribution is -2.41. The Balaban J connectivity index is 2.26. The smallest absolute Gasteiger partial charge is 0.329 e. The average Bonchev–Trinajstić information content (AvgIpc) is 2.73. The largest absolute Gasteiger partial charge is 0.392 e. The predicted octanol–water partition coefficient (Wildman–Crippen LogP) is 3.85. The number of halogens is 1. The van der Waals surface area contributed by atoms with Crippen molar-refractivity contribution in [3.63, 3.8) is 0 Å². The van der Waals surface area contributed by atoms with Crippen LogP contribution in [0.3, 0.4) is 0 Å². The first-order valence-electron chi connectivity index (χ1n) is 9.46. The lowest BCUT2D eigenvalue weighted by atomic mass is 9.70. The highest BCUT2D eigenvalue weighted by Gasteiger charge is 2.44. The van der Waals surface area contributed by atoms with Crippen LogP contribution in [-0.2, 0) is 36.0 Å². The zero-order valence-electron chi connectivity index (χ0n) is 17.0. The van der Waals surface area contributed by atoms with E-state index < -0.39 is 33.0 Å². The minimum atomic E-state index is -3.44. The maximum Gasteiger partial charge on any atom is 0.329 e. The molecule has 3 aromatic carbocycles. The Kier molecular flexibility index (Phi) is 6.36. The molecule has 0 amide bonds. The van der Waals surface area contributed by atoms with Gasteiger partial charge in [-0.2, -0.15) is 0 Å². The highest BCUT2D eigenvalue weighted by Crippen LogP contribution is 2.38. The third-order valence-electron chi connectivity index (χ3n) is 5.01. The SMILES string of the molecule is CC(=O)OC(=O)C(Cc1ccc(F)cc1)(c1ccccc1)c1ccc(S(C)(=O)=O)cc1. The number of benzene rings is 3. The second-order valence-corrected chi connectivity index (χ2v) is 9.27. The number of hydrogen-bond donors (Lipinski definition) is 0. The Morgan fingerprint density at radius 2 is 1.42 bits per heavy atom. The van der Waals surface area contributed by atoms with Gasteiger partial charge in [0.1, 0.15) is 11.2 Å². The van der Waals surface area contributed by atoms with Crippen molar-refractivity contribution >= 4 is 21.8 Å². The molecule has 7 heteroatoms. The van der Waals surface area contributed by atoms with Gasteiger partial charge in [-0.3, -0.25) is 9.59 Å². The van der Waals surface area contributed by atoms with E-state index >= 15 is 0 Å². The average molecular weight is 440 g/mol. The van der Waals surface area contributed by atoms with Gasteiger partial charge < -0.3 is 4.74 Å². The zero-order valence-corrected chi connectivity index (χ0v) is 17.9. The summed E-state index contributed by atoms with van der Waals surface area (Å²) in [6.45, 7) is 1.14. The van der Waals surface area contributed by atoms with Crippen LogP contribution in [0.2, 0.25) is 0 Å². The molecule has 1 unspecified atom stereocenters.